The molecule has 25 heavy (non-hydrogen) atoms. The molecule has 1 aromatic heterocycles. The number of rotatable bonds is 2. The van der Waals surface area contributed by atoms with E-state index >= 15 is 0 Å². The summed E-state index contributed by atoms with van der Waals surface area (Å²) in [6.07, 6.45) is -4.81. The minimum atomic E-state index is -4.81. The van der Waals surface area contributed by atoms with Crippen molar-refractivity contribution in [3.05, 3.63) is 64.2 Å². The molecule has 130 valence electrons. The SMILES string of the molecule is CC(c1ccc(O)cc1)n1c(C(F)(F)F)nc2ccc(N)cc2c1=O. The Morgan fingerprint density at radius 1 is 1.16 bits per heavy atom. The Kier molecular flexibility index (Phi) is 3.90. The molecule has 5 nitrogen and oxygen atoms in total. The van der Waals surface area contributed by atoms with Crippen molar-refractivity contribution in [2.45, 2.75) is 19.1 Å². The molecular weight excluding hydrogens is 335 g/mol. The zero-order chi connectivity index (χ0) is 18.4. The zero-order valence-electron chi connectivity index (χ0n) is 13.1. The lowest BCUT2D eigenvalue weighted by atomic mass is 10.1. The lowest BCUT2D eigenvalue weighted by Gasteiger charge is -2.21. The van der Waals surface area contributed by atoms with Crippen molar-refractivity contribution in [1.82, 2.24) is 9.55 Å². The van der Waals surface area contributed by atoms with E-state index in [4.69, 9.17) is 5.73 Å². The first-order valence-corrected chi connectivity index (χ1v) is 7.36. The number of phenols is 1. The van der Waals surface area contributed by atoms with Gasteiger partial charge in [-0.1, -0.05) is 12.1 Å². The van der Waals surface area contributed by atoms with E-state index in [0.717, 1.165) is 0 Å². The molecule has 0 saturated heterocycles. The smallest absolute Gasteiger partial charge is 0.449 e. The Bertz CT molecular complexity index is 995. The van der Waals surface area contributed by atoms with Gasteiger partial charge in [0.2, 0.25) is 5.82 Å². The highest BCUT2D eigenvalue weighted by molar-refractivity contribution is 5.81. The Balaban J connectivity index is 2.32. The molecule has 3 aromatic rings. The molecule has 0 bridgehead atoms. The molecule has 1 atom stereocenters. The van der Waals surface area contributed by atoms with Crippen LogP contribution in [0, 0.1) is 0 Å². The maximum Gasteiger partial charge on any atom is 0.449 e. The number of aromatic nitrogens is 2. The average Bonchev–Trinajstić information content (AvgIpc) is 2.54. The average molecular weight is 349 g/mol. The number of nitrogens with two attached hydrogens (primary N) is 1. The molecular formula is C17H14F3N3O2. The van der Waals surface area contributed by atoms with Crippen LogP contribution in [0.4, 0.5) is 18.9 Å². The van der Waals surface area contributed by atoms with E-state index in [-0.39, 0.29) is 22.3 Å². The Hall–Kier alpha value is -3.03. The maximum absolute atomic E-state index is 13.5. The summed E-state index contributed by atoms with van der Waals surface area (Å²) in [4.78, 5) is 16.4. The molecule has 0 saturated carbocycles. The molecule has 0 spiro atoms. The molecule has 2 aromatic carbocycles. The third-order valence-electron chi connectivity index (χ3n) is 3.94. The molecule has 0 aliphatic carbocycles. The van der Waals surface area contributed by atoms with Gasteiger partial charge in [-0.3, -0.25) is 9.36 Å². The van der Waals surface area contributed by atoms with E-state index in [2.05, 4.69) is 4.98 Å². The number of fused-ring (bicyclic) bond motifs is 1. The first kappa shape index (κ1) is 16.8. The molecule has 1 heterocycles. The molecule has 0 aliphatic rings. The van der Waals surface area contributed by atoms with Crippen molar-refractivity contribution in [3.63, 3.8) is 0 Å². The minimum Gasteiger partial charge on any atom is -0.508 e. The molecule has 3 rings (SSSR count). The molecule has 0 aliphatic heterocycles. The Labute approximate surface area is 140 Å². The lowest BCUT2D eigenvalue weighted by molar-refractivity contribution is -0.148. The highest BCUT2D eigenvalue weighted by atomic mass is 19.4. The topological polar surface area (TPSA) is 81.1 Å². The third kappa shape index (κ3) is 3.02. The fourth-order valence-electron chi connectivity index (χ4n) is 2.68. The van der Waals surface area contributed by atoms with Crippen LogP contribution in [0.1, 0.15) is 24.4 Å². The van der Waals surface area contributed by atoms with Gasteiger partial charge in [-0.25, -0.2) is 4.98 Å². The predicted molar refractivity (Wildman–Crippen MR) is 87.3 cm³/mol. The van der Waals surface area contributed by atoms with Gasteiger partial charge in [0.05, 0.1) is 16.9 Å². The molecule has 0 amide bonds. The van der Waals surface area contributed by atoms with Crippen LogP contribution in [-0.2, 0) is 6.18 Å². The van der Waals surface area contributed by atoms with Crippen LogP contribution in [0.15, 0.2) is 47.3 Å². The molecule has 0 fully saturated rings. The van der Waals surface area contributed by atoms with Gasteiger partial charge in [0, 0.05) is 5.69 Å². The van der Waals surface area contributed by atoms with E-state index in [0.29, 0.717) is 10.1 Å². The van der Waals surface area contributed by atoms with Crippen LogP contribution >= 0.6 is 0 Å². The van der Waals surface area contributed by atoms with Crippen LogP contribution in [0.5, 0.6) is 5.75 Å². The van der Waals surface area contributed by atoms with Crippen LogP contribution in [0.25, 0.3) is 10.9 Å². The van der Waals surface area contributed by atoms with Gasteiger partial charge in [-0.2, -0.15) is 13.2 Å². The highest BCUT2D eigenvalue weighted by Gasteiger charge is 2.38. The highest BCUT2D eigenvalue weighted by Crippen LogP contribution is 2.31. The minimum absolute atomic E-state index is 0.0126. The predicted octanol–water partition coefficient (Wildman–Crippen LogP) is 3.31. The molecule has 3 N–H and O–H groups in total. The van der Waals surface area contributed by atoms with E-state index in [1.165, 1.54) is 49.4 Å². The van der Waals surface area contributed by atoms with E-state index in [1.807, 2.05) is 0 Å². The Morgan fingerprint density at radius 3 is 2.40 bits per heavy atom. The summed E-state index contributed by atoms with van der Waals surface area (Å²) in [6, 6.07) is 8.65. The van der Waals surface area contributed by atoms with Gasteiger partial charge in [0.15, 0.2) is 0 Å². The van der Waals surface area contributed by atoms with E-state index in [1.54, 1.807) is 0 Å². The number of phenolic OH excluding ortho intramolecular Hbond substituents is 1. The largest absolute Gasteiger partial charge is 0.508 e. The summed E-state index contributed by atoms with van der Waals surface area (Å²) < 4.78 is 41.1. The number of alkyl halides is 3. The van der Waals surface area contributed by atoms with Gasteiger partial charge in [0.25, 0.3) is 5.56 Å². The normalized spacial score (nSPS) is 13.1. The van der Waals surface area contributed by atoms with Crippen LogP contribution < -0.4 is 11.3 Å². The number of hydrogen-bond acceptors (Lipinski definition) is 4. The van der Waals surface area contributed by atoms with Crippen LogP contribution in [0.2, 0.25) is 0 Å². The zero-order valence-corrected chi connectivity index (χ0v) is 13.1. The van der Waals surface area contributed by atoms with Crippen LogP contribution in [-0.4, -0.2) is 14.7 Å². The van der Waals surface area contributed by atoms with Crippen molar-refractivity contribution < 1.29 is 18.3 Å². The van der Waals surface area contributed by atoms with Crippen molar-refractivity contribution in [2.75, 3.05) is 5.73 Å². The summed E-state index contributed by atoms with van der Waals surface area (Å²) in [6.45, 7) is 1.46. The second-order valence-corrected chi connectivity index (χ2v) is 5.65. The van der Waals surface area contributed by atoms with Gasteiger partial charge in [-0.05, 0) is 42.8 Å². The second-order valence-electron chi connectivity index (χ2n) is 5.65. The van der Waals surface area contributed by atoms with Crippen molar-refractivity contribution in [3.8, 4) is 5.75 Å². The molecule has 8 heteroatoms. The second kappa shape index (κ2) is 5.80. The van der Waals surface area contributed by atoms with E-state index < -0.39 is 23.6 Å². The maximum atomic E-state index is 13.5. The number of hydrogen-bond donors (Lipinski definition) is 2. The number of nitrogen functional groups attached to an aromatic ring is 1. The standard InChI is InChI=1S/C17H14F3N3O2/c1-9(10-2-5-12(24)6-3-10)23-15(25)13-8-11(21)4-7-14(13)22-16(23)17(18,19)20/h2-9,24H,21H2,1H3. The van der Waals surface area contributed by atoms with Gasteiger partial charge < -0.3 is 10.8 Å². The first-order chi connectivity index (χ1) is 11.7. The van der Waals surface area contributed by atoms with Crippen molar-refractivity contribution in [1.29, 1.82) is 0 Å². The number of aromatic hydroxyl groups is 1. The summed E-state index contributed by atoms with van der Waals surface area (Å²) in [7, 11) is 0. The summed E-state index contributed by atoms with van der Waals surface area (Å²) in [5.74, 6) is -1.31. The van der Waals surface area contributed by atoms with Gasteiger partial charge in [-0.15, -0.1) is 0 Å². The van der Waals surface area contributed by atoms with Crippen molar-refractivity contribution >= 4 is 16.6 Å². The number of halogens is 3. The third-order valence-corrected chi connectivity index (χ3v) is 3.94. The fourth-order valence-corrected chi connectivity index (χ4v) is 2.68. The van der Waals surface area contributed by atoms with Gasteiger partial charge >= 0.3 is 6.18 Å². The Morgan fingerprint density at radius 2 is 1.80 bits per heavy atom. The monoisotopic (exact) mass is 349 g/mol. The number of benzene rings is 2. The summed E-state index contributed by atoms with van der Waals surface area (Å²) >= 11 is 0. The van der Waals surface area contributed by atoms with Crippen LogP contribution in [0.3, 0.4) is 0 Å². The quantitative estimate of drug-likeness (QED) is 0.696. The molecule has 1 unspecified atom stereocenters. The van der Waals surface area contributed by atoms with Gasteiger partial charge in [0.1, 0.15) is 5.75 Å². The van der Waals surface area contributed by atoms with Crippen molar-refractivity contribution in [2.24, 2.45) is 0 Å². The summed E-state index contributed by atoms with van der Waals surface area (Å²) in [5.41, 5.74) is 5.43. The molecule has 0 radical (unpaired) electrons. The van der Waals surface area contributed by atoms with E-state index in [9.17, 15) is 23.1 Å². The lowest BCUT2D eigenvalue weighted by Crippen LogP contribution is -2.32. The summed E-state index contributed by atoms with van der Waals surface area (Å²) in [5, 5.41) is 9.36. The number of anilines is 1. The fraction of sp³-hybridized carbons (Fsp3) is 0.176. The first-order valence-electron chi connectivity index (χ1n) is 7.36. The number of nitrogens with zero attached hydrogens (tertiary/aromatic N) is 2.